The van der Waals surface area contributed by atoms with E-state index in [4.69, 9.17) is 5.11 Å². The molecule has 0 radical (unpaired) electrons. The maximum Gasteiger partial charge on any atom is 0.261 e. The molecule has 1 aromatic heterocycles. The standard InChI is InChI=1S/C15H18FNO2S/c1-10(9-18)3-2-6-17-15(19)14-7-11-4-5-12(16)8-13(11)20-14/h4-5,7-8,10,18H,2-3,6,9H2,1H3,(H,17,19). The van der Waals surface area contributed by atoms with Crippen LogP contribution < -0.4 is 5.32 Å². The third kappa shape index (κ3) is 3.77. The molecule has 0 saturated heterocycles. The highest BCUT2D eigenvalue weighted by atomic mass is 32.1. The lowest BCUT2D eigenvalue weighted by atomic mass is 10.1. The highest BCUT2D eigenvalue weighted by molar-refractivity contribution is 7.20. The lowest BCUT2D eigenvalue weighted by Gasteiger charge is -2.07. The molecule has 5 heteroatoms. The largest absolute Gasteiger partial charge is 0.396 e. The van der Waals surface area contributed by atoms with Crippen LogP contribution in [0.15, 0.2) is 24.3 Å². The Labute approximate surface area is 121 Å². The van der Waals surface area contributed by atoms with Crippen molar-refractivity contribution in [2.45, 2.75) is 19.8 Å². The molecule has 108 valence electrons. The summed E-state index contributed by atoms with van der Waals surface area (Å²) in [5.74, 6) is -0.147. The Balaban J connectivity index is 1.91. The van der Waals surface area contributed by atoms with Gasteiger partial charge in [-0.25, -0.2) is 4.39 Å². The first-order chi connectivity index (χ1) is 9.60. The second-order valence-electron chi connectivity index (χ2n) is 4.98. The topological polar surface area (TPSA) is 49.3 Å². The highest BCUT2D eigenvalue weighted by Crippen LogP contribution is 2.26. The molecule has 0 spiro atoms. The number of nitrogens with one attached hydrogen (secondary N) is 1. The number of amides is 1. The Morgan fingerprint density at radius 3 is 3.00 bits per heavy atom. The van der Waals surface area contributed by atoms with Gasteiger partial charge >= 0.3 is 0 Å². The number of halogens is 1. The normalized spacial score (nSPS) is 12.6. The Morgan fingerprint density at radius 2 is 2.25 bits per heavy atom. The van der Waals surface area contributed by atoms with E-state index < -0.39 is 0 Å². The minimum absolute atomic E-state index is 0.122. The first kappa shape index (κ1) is 14.9. The Bertz CT molecular complexity index is 597. The molecule has 0 aliphatic rings. The number of thiophene rings is 1. The summed E-state index contributed by atoms with van der Waals surface area (Å²) in [5.41, 5.74) is 0. The Morgan fingerprint density at radius 1 is 1.45 bits per heavy atom. The molecule has 2 N–H and O–H groups in total. The van der Waals surface area contributed by atoms with Crippen molar-refractivity contribution in [3.63, 3.8) is 0 Å². The average molecular weight is 295 g/mol. The summed E-state index contributed by atoms with van der Waals surface area (Å²) in [4.78, 5) is 12.6. The summed E-state index contributed by atoms with van der Waals surface area (Å²) in [6, 6.07) is 6.30. The molecule has 1 amide bonds. The number of aliphatic hydroxyl groups is 1. The molecule has 1 aromatic carbocycles. The van der Waals surface area contributed by atoms with E-state index in [-0.39, 0.29) is 24.2 Å². The number of fused-ring (bicyclic) bond motifs is 1. The molecule has 20 heavy (non-hydrogen) atoms. The van der Waals surface area contributed by atoms with Crippen molar-refractivity contribution in [3.05, 3.63) is 35.0 Å². The van der Waals surface area contributed by atoms with Crippen molar-refractivity contribution in [1.29, 1.82) is 0 Å². The van der Waals surface area contributed by atoms with Crippen LogP contribution in [0, 0.1) is 11.7 Å². The fraction of sp³-hybridized carbons (Fsp3) is 0.400. The van der Waals surface area contributed by atoms with E-state index in [2.05, 4.69) is 5.32 Å². The number of carbonyl (C=O) groups excluding carboxylic acids is 1. The maximum atomic E-state index is 13.1. The third-order valence-corrected chi connectivity index (χ3v) is 4.27. The maximum absolute atomic E-state index is 13.1. The number of benzene rings is 1. The minimum atomic E-state index is -0.288. The molecule has 0 aliphatic carbocycles. The highest BCUT2D eigenvalue weighted by Gasteiger charge is 2.10. The van der Waals surface area contributed by atoms with Crippen LogP contribution in [0.3, 0.4) is 0 Å². The van der Waals surface area contributed by atoms with Crippen molar-refractivity contribution in [3.8, 4) is 0 Å². The third-order valence-electron chi connectivity index (χ3n) is 3.18. The van der Waals surface area contributed by atoms with Gasteiger partial charge in [0.1, 0.15) is 5.82 Å². The van der Waals surface area contributed by atoms with Gasteiger partial charge in [-0.3, -0.25) is 4.79 Å². The summed E-state index contributed by atoms with van der Waals surface area (Å²) in [7, 11) is 0. The fourth-order valence-electron chi connectivity index (χ4n) is 1.95. The van der Waals surface area contributed by atoms with Crippen molar-refractivity contribution < 1.29 is 14.3 Å². The van der Waals surface area contributed by atoms with Gasteiger partial charge in [-0.2, -0.15) is 0 Å². The van der Waals surface area contributed by atoms with Crippen molar-refractivity contribution >= 4 is 27.3 Å². The van der Waals surface area contributed by atoms with Gasteiger partial charge in [0, 0.05) is 17.9 Å². The van der Waals surface area contributed by atoms with E-state index in [0.717, 1.165) is 22.9 Å². The van der Waals surface area contributed by atoms with Gasteiger partial charge in [0.05, 0.1) is 4.88 Å². The van der Waals surface area contributed by atoms with Gasteiger partial charge in [0.2, 0.25) is 0 Å². The predicted molar refractivity (Wildman–Crippen MR) is 79.6 cm³/mol. The van der Waals surface area contributed by atoms with Crippen molar-refractivity contribution in [2.24, 2.45) is 5.92 Å². The summed E-state index contributed by atoms with van der Waals surface area (Å²) >= 11 is 1.30. The molecule has 3 nitrogen and oxygen atoms in total. The molecule has 0 saturated carbocycles. The quantitative estimate of drug-likeness (QED) is 0.804. The molecule has 2 rings (SSSR count). The van der Waals surface area contributed by atoms with E-state index in [0.29, 0.717) is 11.4 Å². The first-order valence-electron chi connectivity index (χ1n) is 6.68. The van der Waals surface area contributed by atoms with Crippen LogP contribution in [0.4, 0.5) is 4.39 Å². The predicted octanol–water partition coefficient (Wildman–Crippen LogP) is 3.18. The zero-order valence-corrected chi connectivity index (χ0v) is 12.2. The average Bonchev–Trinajstić information content (AvgIpc) is 2.86. The Hall–Kier alpha value is -1.46. The molecule has 1 atom stereocenters. The van der Waals surface area contributed by atoms with Crippen molar-refractivity contribution in [1.82, 2.24) is 5.32 Å². The van der Waals surface area contributed by atoms with Crippen LogP contribution >= 0.6 is 11.3 Å². The van der Waals surface area contributed by atoms with Crippen LogP contribution in [-0.4, -0.2) is 24.2 Å². The molecule has 2 aromatic rings. The SMILES string of the molecule is CC(CO)CCCNC(=O)c1cc2ccc(F)cc2s1. The molecular formula is C15H18FNO2S. The molecule has 1 heterocycles. The second-order valence-corrected chi connectivity index (χ2v) is 6.06. The summed E-state index contributed by atoms with van der Waals surface area (Å²) in [5, 5.41) is 12.6. The van der Waals surface area contributed by atoms with Crippen LogP contribution in [0.25, 0.3) is 10.1 Å². The number of hydrogen-bond donors (Lipinski definition) is 2. The van der Waals surface area contributed by atoms with E-state index in [9.17, 15) is 9.18 Å². The van der Waals surface area contributed by atoms with Gasteiger partial charge in [0.25, 0.3) is 5.91 Å². The van der Waals surface area contributed by atoms with Gasteiger partial charge in [-0.05, 0) is 42.3 Å². The van der Waals surface area contributed by atoms with Gasteiger partial charge < -0.3 is 10.4 Å². The molecular weight excluding hydrogens is 277 g/mol. The zero-order chi connectivity index (χ0) is 14.5. The number of carbonyl (C=O) groups is 1. The first-order valence-corrected chi connectivity index (χ1v) is 7.50. The summed E-state index contributed by atoms with van der Waals surface area (Å²) in [6.45, 7) is 2.74. The van der Waals surface area contributed by atoms with Crippen LogP contribution in [0.5, 0.6) is 0 Å². The van der Waals surface area contributed by atoms with Gasteiger partial charge in [-0.15, -0.1) is 11.3 Å². The smallest absolute Gasteiger partial charge is 0.261 e. The van der Waals surface area contributed by atoms with E-state index in [1.54, 1.807) is 12.1 Å². The van der Waals surface area contributed by atoms with E-state index in [1.165, 1.54) is 23.5 Å². The number of aliphatic hydroxyl groups excluding tert-OH is 1. The zero-order valence-electron chi connectivity index (χ0n) is 11.4. The van der Waals surface area contributed by atoms with Crippen LogP contribution in [0.2, 0.25) is 0 Å². The molecule has 0 bridgehead atoms. The summed E-state index contributed by atoms with van der Waals surface area (Å²) < 4.78 is 13.9. The minimum Gasteiger partial charge on any atom is -0.396 e. The second kappa shape index (κ2) is 6.81. The number of hydrogen-bond acceptors (Lipinski definition) is 3. The fourth-order valence-corrected chi connectivity index (χ4v) is 2.95. The molecule has 0 fully saturated rings. The van der Waals surface area contributed by atoms with E-state index >= 15 is 0 Å². The Kier molecular flexibility index (Phi) is 5.09. The summed E-state index contributed by atoms with van der Waals surface area (Å²) in [6.07, 6.45) is 1.72. The number of rotatable bonds is 6. The monoisotopic (exact) mass is 295 g/mol. The lowest BCUT2D eigenvalue weighted by Crippen LogP contribution is -2.24. The van der Waals surface area contributed by atoms with Crippen LogP contribution in [-0.2, 0) is 0 Å². The van der Waals surface area contributed by atoms with E-state index in [1.807, 2.05) is 6.92 Å². The molecule has 0 aliphatic heterocycles. The van der Waals surface area contributed by atoms with Crippen LogP contribution in [0.1, 0.15) is 29.4 Å². The van der Waals surface area contributed by atoms with Gasteiger partial charge in [-0.1, -0.05) is 13.0 Å². The van der Waals surface area contributed by atoms with Crippen molar-refractivity contribution in [2.75, 3.05) is 13.2 Å². The molecule has 1 unspecified atom stereocenters. The lowest BCUT2D eigenvalue weighted by molar-refractivity contribution is 0.0956. The van der Waals surface area contributed by atoms with Gasteiger partial charge in [0.15, 0.2) is 0 Å².